The van der Waals surface area contributed by atoms with E-state index in [1.807, 2.05) is 6.07 Å². The molecule has 144 valence electrons. The van der Waals surface area contributed by atoms with Crippen molar-refractivity contribution >= 4 is 5.97 Å². The summed E-state index contributed by atoms with van der Waals surface area (Å²) in [6.45, 7) is 4.19. The smallest absolute Gasteiger partial charge is 0.333 e. The number of rotatable bonds is 11. The number of carbonyl (C=O) groups excluding carboxylic acids is 1. The Bertz CT molecular complexity index is 614. The van der Waals surface area contributed by atoms with Gasteiger partial charge >= 0.3 is 5.97 Å². The Morgan fingerprint density at radius 2 is 2.19 bits per heavy atom. The number of allylic oxidation sites excluding steroid dienone is 1. The monoisotopic (exact) mass is 362 g/mol. The van der Waals surface area contributed by atoms with Crippen molar-refractivity contribution in [2.24, 2.45) is 5.92 Å². The molecule has 0 fully saturated rings. The summed E-state index contributed by atoms with van der Waals surface area (Å²) in [4.78, 5) is 11.0. The first-order valence-corrected chi connectivity index (χ1v) is 9.38. The van der Waals surface area contributed by atoms with E-state index < -0.39 is 12.3 Å². The number of aliphatic hydroxyl groups excluding tert-OH is 2. The van der Waals surface area contributed by atoms with Crippen molar-refractivity contribution in [3.8, 4) is 0 Å². The van der Waals surface area contributed by atoms with E-state index in [1.54, 1.807) is 12.5 Å². The van der Waals surface area contributed by atoms with Gasteiger partial charge in [-0.25, -0.2) is 4.79 Å². The van der Waals surface area contributed by atoms with Crippen LogP contribution in [0.1, 0.15) is 57.9 Å². The second-order valence-electron chi connectivity index (χ2n) is 7.32. The lowest BCUT2D eigenvalue weighted by Crippen LogP contribution is -2.13. The molecule has 0 saturated heterocycles. The van der Waals surface area contributed by atoms with Crippen LogP contribution in [-0.4, -0.2) is 28.6 Å². The van der Waals surface area contributed by atoms with Crippen LogP contribution in [0.2, 0.25) is 0 Å². The molecule has 0 spiro atoms. The molecule has 5 heteroatoms. The summed E-state index contributed by atoms with van der Waals surface area (Å²) in [5, 5.41) is 19.8. The molecule has 0 unspecified atom stereocenters. The fraction of sp³-hybridized carbons (Fsp3) is 0.571. The molecule has 2 heterocycles. The van der Waals surface area contributed by atoms with Crippen molar-refractivity contribution < 1.29 is 24.2 Å². The van der Waals surface area contributed by atoms with Gasteiger partial charge < -0.3 is 19.4 Å². The van der Waals surface area contributed by atoms with Crippen LogP contribution in [0.5, 0.6) is 0 Å². The van der Waals surface area contributed by atoms with Gasteiger partial charge in [-0.2, -0.15) is 0 Å². The van der Waals surface area contributed by atoms with Crippen LogP contribution in [0, 0.1) is 5.92 Å². The van der Waals surface area contributed by atoms with Gasteiger partial charge in [-0.3, -0.25) is 0 Å². The van der Waals surface area contributed by atoms with Crippen LogP contribution in [-0.2, 0) is 16.0 Å². The second-order valence-corrected chi connectivity index (χ2v) is 7.32. The van der Waals surface area contributed by atoms with Gasteiger partial charge in [0.2, 0.25) is 6.29 Å². The number of hydrogen-bond donors (Lipinski definition) is 2. The molecular weight excluding hydrogens is 332 g/mol. The second kappa shape index (κ2) is 10.3. The molecule has 0 aliphatic carbocycles. The Balaban J connectivity index is 1.60. The predicted octanol–water partition coefficient (Wildman–Crippen LogP) is 3.91. The average molecular weight is 362 g/mol. The molecule has 2 N–H and O–H groups in total. The molecule has 0 amide bonds. The number of ether oxygens (including phenoxy) is 1. The Hall–Kier alpha value is -1.85. The largest absolute Gasteiger partial charge is 0.472 e. The van der Waals surface area contributed by atoms with Crippen LogP contribution in [0.25, 0.3) is 0 Å². The van der Waals surface area contributed by atoms with Gasteiger partial charge in [0.15, 0.2) is 0 Å². The van der Waals surface area contributed by atoms with E-state index >= 15 is 0 Å². The molecule has 1 aliphatic rings. The van der Waals surface area contributed by atoms with Gasteiger partial charge in [-0.1, -0.05) is 25.0 Å². The standard InChI is InChI=1S/C21H30O5/c1-15(5-3-7-17-9-10-25-14-17)11-19(22)12-16(2)6-4-8-18-13-20(23)26-21(18)24/h5,9-10,13-14,16,19,21-22,24H,3-4,6-8,11-12H2,1-2H3/b15-5+/t16-,19+,21+/m1/s1. The highest BCUT2D eigenvalue weighted by atomic mass is 16.6. The van der Waals surface area contributed by atoms with Crippen molar-refractivity contribution in [1.29, 1.82) is 0 Å². The molecule has 2 rings (SSSR count). The lowest BCUT2D eigenvalue weighted by atomic mass is 9.93. The summed E-state index contributed by atoms with van der Waals surface area (Å²) >= 11 is 0. The number of carbonyl (C=O) groups is 1. The molecule has 1 aromatic rings. The van der Waals surface area contributed by atoms with Crippen molar-refractivity contribution in [3.05, 3.63) is 47.5 Å². The van der Waals surface area contributed by atoms with Gasteiger partial charge in [0.05, 0.1) is 18.6 Å². The minimum atomic E-state index is -1.07. The molecular formula is C21H30O5. The fourth-order valence-corrected chi connectivity index (χ4v) is 3.33. The zero-order valence-electron chi connectivity index (χ0n) is 15.7. The Kier molecular flexibility index (Phi) is 8.13. The number of hydrogen-bond acceptors (Lipinski definition) is 5. The van der Waals surface area contributed by atoms with Crippen molar-refractivity contribution in [2.75, 3.05) is 0 Å². The van der Waals surface area contributed by atoms with Crippen LogP contribution in [0.4, 0.5) is 0 Å². The van der Waals surface area contributed by atoms with Crippen LogP contribution >= 0.6 is 0 Å². The molecule has 1 aliphatic heterocycles. The maximum absolute atomic E-state index is 11.0. The molecule has 0 aromatic carbocycles. The Morgan fingerprint density at radius 3 is 2.85 bits per heavy atom. The molecule has 0 saturated carbocycles. The minimum Gasteiger partial charge on any atom is -0.472 e. The summed E-state index contributed by atoms with van der Waals surface area (Å²) in [5.74, 6) is -0.0782. The zero-order chi connectivity index (χ0) is 18.9. The maximum Gasteiger partial charge on any atom is 0.333 e. The SMILES string of the molecule is C/C(=C\CCc1ccoc1)C[C@H](O)C[C@H](C)CCCC1=CC(=O)O[C@@H]1O. The minimum absolute atomic E-state index is 0.337. The zero-order valence-corrected chi connectivity index (χ0v) is 15.7. The quantitative estimate of drug-likeness (QED) is 0.461. The first kappa shape index (κ1) is 20.5. The van der Waals surface area contributed by atoms with E-state index in [0.717, 1.165) is 32.1 Å². The number of aryl methyl sites for hydroxylation is 1. The third-order valence-electron chi connectivity index (χ3n) is 4.75. The maximum atomic E-state index is 11.0. The number of furan rings is 1. The fourth-order valence-electron chi connectivity index (χ4n) is 3.33. The molecule has 3 atom stereocenters. The lowest BCUT2D eigenvalue weighted by Gasteiger charge is -2.17. The van der Waals surface area contributed by atoms with E-state index in [2.05, 4.69) is 24.7 Å². The van der Waals surface area contributed by atoms with Gasteiger partial charge in [0, 0.05) is 11.6 Å². The molecule has 26 heavy (non-hydrogen) atoms. The third kappa shape index (κ3) is 7.18. The molecule has 1 aromatic heterocycles. The number of esters is 1. The number of aliphatic hydroxyl groups is 2. The van der Waals surface area contributed by atoms with Crippen molar-refractivity contribution in [2.45, 2.75) is 71.2 Å². The third-order valence-corrected chi connectivity index (χ3v) is 4.75. The summed E-state index contributed by atoms with van der Waals surface area (Å²) in [7, 11) is 0. The van der Waals surface area contributed by atoms with Gasteiger partial charge in [0.1, 0.15) is 0 Å². The highest BCUT2D eigenvalue weighted by Gasteiger charge is 2.23. The van der Waals surface area contributed by atoms with Crippen molar-refractivity contribution in [1.82, 2.24) is 0 Å². The first-order chi connectivity index (χ1) is 12.4. The number of cyclic esters (lactones) is 1. The van der Waals surface area contributed by atoms with E-state index in [-0.39, 0.29) is 6.10 Å². The highest BCUT2D eigenvalue weighted by Crippen LogP contribution is 2.23. The van der Waals surface area contributed by atoms with Gasteiger partial charge in [0.25, 0.3) is 0 Å². The van der Waals surface area contributed by atoms with Crippen molar-refractivity contribution in [3.63, 3.8) is 0 Å². The highest BCUT2D eigenvalue weighted by molar-refractivity contribution is 5.85. The van der Waals surface area contributed by atoms with E-state index in [0.29, 0.717) is 24.3 Å². The first-order valence-electron chi connectivity index (χ1n) is 9.38. The molecule has 0 radical (unpaired) electrons. The summed E-state index contributed by atoms with van der Waals surface area (Å²) < 4.78 is 9.72. The van der Waals surface area contributed by atoms with E-state index in [1.165, 1.54) is 17.2 Å². The molecule has 5 nitrogen and oxygen atoms in total. The van der Waals surface area contributed by atoms with Crippen LogP contribution < -0.4 is 0 Å². The van der Waals surface area contributed by atoms with E-state index in [4.69, 9.17) is 4.42 Å². The predicted molar refractivity (Wildman–Crippen MR) is 99.2 cm³/mol. The average Bonchev–Trinajstić information content (AvgIpc) is 3.17. The Labute approximate surface area is 155 Å². The van der Waals surface area contributed by atoms with Crippen LogP contribution in [0.3, 0.4) is 0 Å². The normalized spacial score (nSPS) is 20.0. The van der Waals surface area contributed by atoms with E-state index in [9.17, 15) is 15.0 Å². The Morgan fingerprint density at radius 1 is 1.38 bits per heavy atom. The summed E-state index contributed by atoms with van der Waals surface area (Å²) in [6.07, 6.45) is 11.4. The summed E-state index contributed by atoms with van der Waals surface area (Å²) in [5.41, 5.74) is 3.06. The molecule has 0 bridgehead atoms. The topological polar surface area (TPSA) is 79.9 Å². The summed E-state index contributed by atoms with van der Waals surface area (Å²) in [6, 6.07) is 1.97. The van der Waals surface area contributed by atoms with Crippen LogP contribution in [0.15, 0.2) is 46.3 Å². The van der Waals surface area contributed by atoms with Gasteiger partial charge in [-0.05, 0) is 63.0 Å². The van der Waals surface area contributed by atoms with Gasteiger partial charge in [-0.15, -0.1) is 0 Å². The lowest BCUT2D eigenvalue weighted by molar-refractivity contribution is -0.151.